The van der Waals surface area contributed by atoms with E-state index < -0.39 is 6.04 Å². The topological polar surface area (TPSA) is 91.0 Å². The van der Waals surface area contributed by atoms with E-state index >= 15 is 0 Å². The van der Waals surface area contributed by atoms with E-state index in [-0.39, 0.29) is 24.1 Å². The Kier molecular flexibility index (Phi) is 7.28. The number of methoxy groups -OCH3 is 1. The quantitative estimate of drug-likeness (QED) is 0.378. The number of rotatable bonds is 8. The highest BCUT2D eigenvalue weighted by Crippen LogP contribution is 2.23. The summed E-state index contributed by atoms with van der Waals surface area (Å²) in [5.74, 6) is -0.266. The van der Waals surface area contributed by atoms with Crippen LogP contribution in [-0.2, 0) is 23.0 Å². The molecule has 1 N–H and O–H groups in total. The highest BCUT2D eigenvalue weighted by atomic mass is 19.1. The molecule has 186 valence electrons. The van der Waals surface area contributed by atoms with Crippen LogP contribution < -0.4 is 5.32 Å². The fourth-order valence-corrected chi connectivity index (χ4v) is 4.19. The van der Waals surface area contributed by atoms with Crippen molar-refractivity contribution in [2.75, 3.05) is 7.11 Å². The van der Waals surface area contributed by atoms with Crippen molar-refractivity contribution in [2.45, 2.75) is 32.7 Å². The Morgan fingerprint density at radius 3 is 2.39 bits per heavy atom. The third-order valence-electron chi connectivity index (χ3n) is 6.22. The molecule has 0 radical (unpaired) electrons. The second-order valence-corrected chi connectivity index (χ2v) is 8.54. The summed E-state index contributed by atoms with van der Waals surface area (Å²) in [6.45, 7) is 3.86. The number of halogens is 1. The van der Waals surface area contributed by atoms with Crippen molar-refractivity contribution in [1.82, 2.24) is 24.6 Å². The molecule has 2 aromatic heterocycles. The number of hydrogen-bond acceptors (Lipinski definition) is 5. The van der Waals surface area contributed by atoms with Crippen LogP contribution >= 0.6 is 0 Å². The largest absolute Gasteiger partial charge is 0.469 e. The number of imidazole rings is 1. The Morgan fingerprint density at radius 1 is 1.08 bits per heavy atom. The number of hydrogen-bond donors (Lipinski definition) is 1. The van der Waals surface area contributed by atoms with E-state index in [4.69, 9.17) is 4.74 Å². The molecule has 2 aromatic carbocycles. The fraction of sp³-hybridized carbons (Fsp3) is 0.259. The van der Waals surface area contributed by atoms with E-state index in [2.05, 4.69) is 15.4 Å². The van der Waals surface area contributed by atoms with Crippen molar-refractivity contribution in [1.29, 1.82) is 0 Å². The van der Waals surface area contributed by atoms with Gasteiger partial charge in [0.05, 0.1) is 18.5 Å². The Labute approximate surface area is 208 Å². The summed E-state index contributed by atoms with van der Waals surface area (Å²) in [5, 5.41) is 7.64. The van der Waals surface area contributed by atoms with Gasteiger partial charge < -0.3 is 14.6 Å². The van der Waals surface area contributed by atoms with Crippen molar-refractivity contribution in [2.24, 2.45) is 7.05 Å². The number of nitrogens with one attached hydrogen (secondary N) is 1. The van der Waals surface area contributed by atoms with Crippen LogP contribution in [0.5, 0.6) is 0 Å². The maximum Gasteiger partial charge on any atom is 0.305 e. The second kappa shape index (κ2) is 10.6. The van der Waals surface area contributed by atoms with Gasteiger partial charge in [-0.05, 0) is 67.8 Å². The van der Waals surface area contributed by atoms with E-state index in [1.807, 2.05) is 37.6 Å². The third-order valence-corrected chi connectivity index (χ3v) is 6.22. The van der Waals surface area contributed by atoms with E-state index in [1.165, 1.54) is 19.2 Å². The first-order valence-electron chi connectivity index (χ1n) is 11.5. The van der Waals surface area contributed by atoms with Gasteiger partial charge in [-0.15, -0.1) is 0 Å². The number of ether oxygens (including phenoxy) is 1. The van der Waals surface area contributed by atoms with E-state index in [0.717, 1.165) is 28.2 Å². The zero-order valence-electron chi connectivity index (χ0n) is 20.7. The zero-order chi connectivity index (χ0) is 25.8. The minimum absolute atomic E-state index is 0.263. The van der Waals surface area contributed by atoms with Gasteiger partial charge in [-0.2, -0.15) is 5.10 Å². The monoisotopic (exact) mass is 489 g/mol. The van der Waals surface area contributed by atoms with E-state index in [9.17, 15) is 14.0 Å². The van der Waals surface area contributed by atoms with Crippen LogP contribution in [0, 0.1) is 19.7 Å². The first-order valence-corrected chi connectivity index (χ1v) is 11.5. The average molecular weight is 490 g/mol. The number of esters is 1. The number of carbonyl (C=O) groups excluding carboxylic acids is 2. The number of nitrogens with zero attached hydrogens (tertiary/aromatic N) is 4. The molecule has 2 heterocycles. The van der Waals surface area contributed by atoms with Crippen molar-refractivity contribution in [3.05, 3.63) is 101 Å². The summed E-state index contributed by atoms with van der Waals surface area (Å²) in [6, 6.07) is 12.6. The molecule has 0 fully saturated rings. The maximum atomic E-state index is 13.5. The summed E-state index contributed by atoms with van der Waals surface area (Å²) in [4.78, 5) is 29.1. The van der Waals surface area contributed by atoms with Gasteiger partial charge in [-0.3, -0.25) is 9.59 Å². The molecular weight excluding hydrogens is 461 g/mol. The lowest BCUT2D eigenvalue weighted by Gasteiger charge is -2.19. The predicted octanol–water partition coefficient (Wildman–Crippen LogP) is 3.99. The Morgan fingerprint density at radius 2 is 1.78 bits per heavy atom. The molecule has 0 aliphatic rings. The SMILES string of the molecule is COC(=O)CCc1c(C)nn(-c2ccc(C(=O)NC(c3ccc(F)cc3)c3nccn3C)cc2)c1C. The van der Waals surface area contributed by atoms with Crippen LogP contribution in [0.3, 0.4) is 0 Å². The van der Waals surface area contributed by atoms with Crippen LogP contribution in [0.25, 0.3) is 5.69 Å². The maximum absolute atomic E-state index is 13.5. The lowest BCUT2D eigenvalue weighted by molar-refractivity contribution is -0.140. The van der Waals surface area contributed by atoms with Crippen LogP contribution in [0.4, 0.5) is 4.39 Å². The van der Waals surface area contributed by atoms with Crippen molar-refractivity contribution in [3.63, 3.8) is 0 Å². The smallest absolute Gasteiger partial charge is 0.305 e. The molecule has 0 spiro atoms. The van der Waals surface area contributed by atoms with Crippen molar-refractivity contribution >= 4 is 11.9 Å². The van der Waals surface area contributed by atoms with E-state index in [1.54, 1.807) is 41.3 Å². The third kappa shape index (κ3) is 5.19. The molecule has 0 bridgehead atoms. The summed E-state index contributed by atoms with van der Waals surface area (Å²) >= 11 is 0. The van der Waals surface area contributed by atoms with Gasteiger partial charge in [0, 0.05) is 37.1 Å². The number of aromatic nitrogens is 4. The average Bonchev–Trinajstić information content (AvgIpc) is 3.43. The van der Waals surface area contributed by atoms with Gasteiger partial charge in [-0.25, -0.2) is 14.1 Å². The molecule has 1 unspecified atom stereocenters. The Bertz CT molecular complexity index is 1370. The van der Waals surface area contributed by atoms with Crippen LogP contribution in [0.15, 0.2) is 60.9 Å². The van der Waals surface area contributed by atoms with Gasteiger partial charge >= 0.3 is 5.97 Å². The minimum atomic E-state index is -0.550. The Hall–Kier alpha value is -4.27. The molecule has 8 nitrogen and oxygen atoms in total. The molecule has 0 aliphatic heterocycles. The molecule has 4 rings (SSSR count). The lowest BCUT2D eigenvalue weighted by atomic mass is 10.0. The van der Waals surface area contributed by atoms with Crippen LogP contribution in [0.2, 0.25) is 0 Å². The van der Waals surface area contributed by atoms with Gasteiger partial charge in [0.15, 0.2) is 0 Å². The highest BCUT2D eigenvalue weighted by molar-refractivity contribution is 5.94. The van der Waals surface area contributed by atoms with Gasteiger partial charge in [0.1, 0.15) is 17.7 Å². The number of amides is 1. The van der Waals surface area contributed by atoms with Crippen molar-refractivity contribution < 1.29 is 18.7 Å². The van der Waals surface area contributed by atoms with E-state index in [0.29, 0.717) is 17.8 Å². The van der Waals surface area contributed by atoms with Gasteiger partial charge in [0.25, 0.3) is 5.91 Å². The fourth-order valence-electron chi connectivity index (χ4n) is 4.19. The van der Waals surface area contributed by atoms with Gasteiger partial charge in [0.2, 0.25) is 0 Å². The molecule has 0 saturated carbocycles. The minimum Gasteiger partial charge on any atom is -0.469 e. The molecule has 0 aliphatic carbocycles. The standard InChI is InChI=1S/C27H28FN5O3/c1-17-23(13-14-24(34)36-4)18(2)33(31-17)22-11-7-20(8-12-22)27(35)30-25(26-29-15-16-32(26)3)19-5-9-21(28)10-6-19/h5-12,15-16,25H,13-14H2,1-4H3,(H,30,35). The molecule has 0 saturated heterocycles. The van der Waals surface area contributed by atoms with Crippen molar-refractivity contribution in [3.8, 4) is 5.69 Å². The number of aryl methyl sites for hydroxylation is 2. The predicted molar refractivity (Wildman–Crippen MR) is 132 cm³/mol. The molecule has 1 atom stereocenters. The second-order valence-electron chi connectivity index (χ2n) is 8.54. The lowest BCUT2D eigenvalue weighted by Crippen LogP contribution is -2.31. The molecule has 4 aromatic rings. The number of carbonyl (C=O) groups is 2. The van der Waals surface area contributed by atoms with Gasteiger partial charge in [-0.1, -0.05) is 12.1 Å². The zero-order valence-corrected chi connectivity index (χ0v) is 20.7. The summed E-state index contributed by atoms with van der Waals surface area (Å²) in [6.07, 6.45) is 4.28. The summed E-state index contributed by atoms with van der Waals surface area (Å²) < 4.78 is 21.9. The molecule has 1 amide bonds. The summed E-state index contributed by atoms with van der Waals surface area (Å²) in [5.41, 5.74) is 4.76. The Balaban J connectivity index is 1.55. The number of benzene rings is 2. The normalized spacial score (nSPS) is 11.8. The molecule has 36 heavy (non-hydrogen) atoms. The first-order chi connectivity index (χ1) is 17.3. The van der Waals surface area contributed by atoms with Crippen LogP contribution in [0.1, 0.15) is 51.2 Å². The first kappa shape index (κ1) is 24.8. The molecule has 9 heteroatoms. The molecular formula is C27H28FN5O3. The van der Waals surface area contributed by atoms with Crippen LogP contribution in [-0.4, -0.2) is 38.3 Å². The highest BCUT2D eigenvalue weighted by Gasteiger charge is 2.22. The summed E-state index contributed by atoms with van der Waals surface area (Å²) in [7, 11) is 3.22.